The lowest BCUT2D eigenvalue weighted by atomic mass is 10.1. The number of carbonyl (C=O) groups excluding carboxylic acids is 2. The van der Waals surface area contributed by atoms with E-state index in [-0.39, 0.29) is 12.2 Å². The van der Waals surface area contributed by atoms with Gasteiger partial charge in [0.15, 0.2) is 5.69 Å². The molecule has 2 N–H and O–H groups in total. The van der Waals surface area contributed by atoms with Gasteiger partial charge in [0.2, 0.25) is 0 Å². The van der Waals surface area contributed by atoms with E-state index in [4.69, 9.17) is 21.1 Å². The molecule has 2 amide bonds. The van der Waals surface area contributed by atoms with Gasteiger partial charge in [-0.15, -0.1) is 0 Å². The third kappa shape index (κ3) is 4.39. The highest BCUT2D eigenvalue weighted by Crippen LogP contribution is 2.29. The van der Waals surface area contributed by atoms with Gasteiger partial charge in [0, 0.05) is 29.2 Å². The van der Waals surface area contributed by atoms with Crippen LogP contribution in [0.3, 0.4) is 0 Å². The van der Waals surface area contributed by atoms with Gasteiger partial charge >= 0.3 is 6.09 Å². The molecule has 9 heteroatoms. The molecule has 0 spiro atoms. The molecule has 0 atom stereocenters. The lowest BCUT2D eigenvalue weighted by Gasteiger charge is -2.30. The molecule has 0 radical (unpaired) electrons. The zero-order valence-electron chi connectivity index (χ0n) is 16.3. The van der Waals surface area contributed by atoms with Gasteiger partial charge in [0.25, 0.3) is 5.91 Å². The average molecular weight is 407 g/mol. The summed E-state index contributed by atoms with van der Waals surface area (Å²) in [7, 11) is 1.51. The molecule has 2 aromatic rings. The number of hydrogen-bond acceptors (Lipinski definition) is 5. The SMILES string of the molecule is COc1ccc(Cl)cc1NC(=O)c1n[nH]c2c1CN(C(=O)OC(C)(C)C)CC2. The molecular formula is C19H23ClN4O4. The van der Waals surface area contributed by atoms with Crippen LogP contribution in [0.2, 0.25) is 5.02 Å². The molecule has 150 valence electrons. The Morgan fingerprint density at radius 1 is 1.32 bits per heavy atom. The quantitative estimate of drug-likeness (QED) is 0.811. The van der Waals surface area contributed by atoms with Crippen LogP contribution in [-0.4, -0.2) is 46.4 Å². The number of nitrogens with zero attached hydrogens (tertiary/aromatic N) is 2. The zero-order chi connectivity index (χ0) is 20.5. The first-order chi connectivity index (χ1) is 13.2. The Morgan fingerprint density at radius 2 is 2.07 bits per heavy atom. The van der Waals surface area contributed by atoms with Gasteiger partial charge in [0.1, 0.15) is 11.4 Å². The second-order valence-electron chi connectivity index (χ2n) is 7.48. The lowest BCUT2D eigenvalue weighted by Crippen LogP contribution is -2.40. The Balaban J connectivity index is 1.79. The van der Waals surface area contributed by atoms with Gasteiger partial charge in [-0.2, -0.15) is 5.10 Å². The number of methoxy groups -OCH3 is 1. The summed E-state index contributed by atoms with van der Waals surface area (Å²) in [6.45, 7) is 6.18. The van der Waals surface area contributed by atoms with Crippen LogP contribution in [0.1, 0.15) is 42.5 Å². The average Bonchev–Trinajstić information content (AvgIpc) is 3.03. The summed E-state index contributed by atoms with van der Waals surface area (Å²) in [5.41, 5.74) is 1.59. The van der Waals surface area contributed by atoms with Gasteiger partial charge in [-0.1, -0.05) is 11.6 Å². The van der Waals surface area contributed by atoms with E-state index < -0.39 is 17.6 Å². The normalized spacial score (nSPS) is 13.7. The van der Waals surface area contributed by atoms with Crippen molar-refractivity contribution < 1.29 is 19.1 Å². The molecule has 8 nitrogen and oxygen atoms in total. The maximum absolute atomic E-state index is 12.8. The zero-order valence-corrected chi connectivity index (χ0v) is 17.0. The minimum atomic E-state index is -0.586. The number of carbonyl (C=O) groups is 2. The largest absolute Gasteiger partial charge is 0.495 e. The summed E-state index contributed by atoms with van der Waals surface area (Å²) in [5.74, 6) is 0.0710. The van der Waals surface area contributed by atoms with E-state index in [2.05, 4.69) is 15.5 Å². The number of aromatic amines is 1. The van der Waals surface area contributed by atoms with Crippen LogP contribution < -0.4 is 10.1 Å². The number of amides is 2. The van der Waals surface area contributed by atoms with Crippen LogP contribution >= 0.6 is 11.6 Å². The smallest absolute Gasteiger partial charge is 0.410 e. The highest BCUT2D eigenvalue weighted by molar-refractivity contribution is 6.31. The van der Waals surface area contributed by atoms with Crippen molar-refractivity contribution in [1.29, 1.82) is 0 Å². The van der Waals surface area contributed by atoms with Crippen molar-refractivity contribution in [3.05, 3.63) is 40.2 Å². The standard InChI is InChI=1S/C19H23ClN4O4/c1-19(2,3)28-18(26)24-8-7-13-12(10-24)16(23-22-13)17(25)21-14-9-11(20)5-6-15(14)27-4/h5-6,9H,7-8,10H2,1-4H3,(H,21,25)(H,22,23). The molecule has 1 aliphatic rings. The van der Waals surface area contributed by atoms with Crippen LogP contribution in [0, 0.1) is 0 Å². The molecule has 0 unspecified atom stereocenters. The van der Waals surface area contributed by atoms with Gasteiger partial charge in [-0.05, 0) is 39.0 Å². The number of ether oxygens (including phenoxy) is 2. The van der Waals surface area contributed by atoms with Crippen molar-refractivity contribution in [2.24, 2.45) is 0 Å². The van der Waals surface area contributed by atoms with E-state index in [1.165, 1.54) is 7.11 Å². The van der Waals surface area contributed by atoms with Crippen LogP contribution in [-0.2, 0) is 17.7 Å². The molecule has 0 bridgehead atoms. The summed E-state index contributed by atoms with van der Waals surface area (Å²) in [6.07, 6.45) is 0.150. The van der Waals surface area contributed by atoms with Crippen molar-refractivity contribution in [3.8, 4) is 5.75 Å². The van der Waals surface area contributed by atoms with Crippen molar-refractivity contribution in [1.82, 2.24) is 15.1 Å². The second kappa shape index (κ2) is 7.71. The first kappa shape index (κ1) is 20.0. The number of rotatable bonds is 3. The molecular weight excluding hydrogens is 384 g/mol. The molecule has 0 aliphatic carbocycles. The summed E-state index contributed by atoms with van der Waals surface area (Å²) < 4.78 is 10.7. The van der Waals surface area contributed by atoms with Crippen molar-refractivity contribution >= 4 is 29.3 Å². The van der Waals surface area contributed by atoms with Crippen molar-refractivity contribution in [2.75, 3.05) is 19.0 Å². The molecule has 2 heterocycles. The van der Waals surface area contributed by atoms with Gasteiger partial charge in [-0.25, -0.2) is 4.79 Å². The number of halogens is 1. The summed E-state index contributed by atoms with van der Waals surface area (Å²) >= 11 is 6.02. The second-order valence-corrected chi connectivity index (χ2v) is 7.92. The minimum absolute atomic E-state index is 0.227. The highest BCUT2D eigenvalue weighted by atomic mass is 35.5. The fourth-order valence-electron chi connectivity index (χ4n) is 2.92. The van der Waals surface area contributed by atoms with Crippen LogP contribution in [0.15, 0.2) is 18.2 Å². The number of hydrogen-bond donors (Lipinski definition) is 2. The molecule has 3 rings (SSSR count). The monoisotopic (exact) mass is 406 g/mol. The Bertz CT molecular complexity index is 904. The third-order valence-electron chi connectivity index (χ3n) is 4.21. The summed E-state index contributed by atoms with van der Waals surface area (Å²) in [4.78, 5) is 26.8. The fourth-order valence-corrected chi connectivity index (χ4v) is 3.10. The van der Waals surface area contributed by atoms with Crippen molar-refractivity contribution in [2.45, 2.75) is 39.3 Å². The van der Waals surface area contributed by atoms with E-state index in [1.54, 1.807) is 23.1 Å². The molecule has 1 aromatic carbocycles. The maximum Gasteiger partial charge on any atom is 0.410 e. The Kier molecular flexibility index (Phi) is 5.51. The molecule has 0 saturated carbocycles. The number of nitrogens with one attached hydrogen (secondary N) is 2. The van der Waals surface area contributed by atoms with Gasteiger partial charge in [-0.3, -0.25) is 9.89 Å². The Morgan fingerprint density at radius 3 is 2.75 bits per heavy atom. The van der Waals surface area contributed by atoms with Crippen LogP contribution in [0.25, 0.3) is 0 Å². The highest BCUT2D eigenvalue weighted by Gasteiger charge is 2.30. The van der Waals surface area contributed by atoms with E-state index in [1.807, 2.05) is 20.8 Å². The Labute approximate surface area is 168 Å². The predicted molar refractivity (Wildman–Crippen MR) is 105 cm³/mol. The predicted octanol–water partition coefficient (Wildman–Crippen LogP) is 3.62. The maximum atomic E-state index is 12.8. The van der Waals surface area contributed by atoms with E-state index >= 15 is 0 Å². The fraction of sp³-hybridized carbons (Fsp3) is 0.421. The van der Waals surface area contributed by atoms with Crippen LogP contribution in [0.4, 0.5) is 10.5 Å². The Hall–Kier alpha value is -2.74. The number of aromatic nitrogens is 2. The van der Waals surface area contributed by atoms with Gasteiger partial charge < -0.3 is 19.7 Å². The molecule has 0 saturated heterocycles. The molecule has 1 aromatic heterocycles. The number of benzene rings is 1. The third-order valence-corrected chi connectivity index (χ3v) is 4.45. The van der Waals surface area contributed by atoms with E-state index in [0.717, 1.165) is 5.69 Å². The summed E-state index contributed by atoms with van der Waals surface area (Å²) in [6, 6.07) is 4.94. The lowest BCUT2D eigenvalue weighted by molar-refractivity contribution is 0.0222. The number of H-pyrrole nitrogens is 1. The minimum Gasteiger partial charge on any atom is -0.495 e. The number of anilines is 1. The molecule has 28 heavy (non-hydrogen) atoms. The van der Waals surface area contributed by atoms with E-state index in [0.29, 0.717) is 35.0 Å². The molecule has 1 aliphatic heterocycles. The number of fused-ring (bicyclic) bond motifs is 1. The van der Waals surface area contributed by atoms with Gasteiger partial charge in [0.05, 0.1) is 19.3 Å². The first-order valence-corrected chi connectivity index (χ1v) is 9.24. The van der Waals surface area contributed by atoms with E-state index in [9.17, 15) is 9.59 Å². The van der Waals surface area contributed by atoms with Crippen molar-refractivity contribution in [3.63, 3.8) is 0 Å². The molecule has 0 fully saturated rings. The van der Waals surface area contributed by atoms with Crippen LogP contribution in [0.5, 0.6) is 5.75 Å². The first-order valence-electron chi connectivity index (χ1n) is 8.87. The summed E-state index contributed by atoms with van der Waals surface area (Å²) in [5, 5.41) is 10.3. The topological polar surface area (TPSA) is 96.5 Å².